The molecular weight excluding hydrogens is 278 g/mol. The van der Waals surface area contributed by atoms with Gasteiger partial charge in [-0.1, -0.05) is 20.8 Å². The average molecular weight is 299 g/mol. The van der Waals surface area contributed by atoms with Gasteiger partial charge in [-0.15, -0.1) is 11.3 Å². The molecule has 112 valence electrons. The molecule has 0 aliphatic carbocycles. The summed E-state index contributed by atoms with van der Waals surface area (Å²) in [7, 11) is 0. The second kappa shape index (κ2) is 6.69. The van der Waals surface area contributed by atoms with Gasteiger partial charge in [-0.05, 0) is 12.3 Å². The number of aromatic nitrogens is 1. The molecule has 7 heteroatoms. The molecule has 0 fully saturated rings. The quantitative estimate of drug-likeness (QED) is 0.778. The number of hydrogen-bond acceptors (Lipinski definition) is 4. The number of carboxylic acid groups (broad SMARTS) is 1. The molecule has 1 rings (SSSR count). The highest BCUT2D eigenvalue weighted by Crippen LogP contribution is 2.22. The van der Waals surface area contributed by atoms with Crippen LogP contribution >= 0.6 is 11.3 Å². The standard InChI is InChI=1S/C13H21N3O3S/c1-8(11-14-5-6-20-11)15-12(19)16-9(7-10(17)18)13(2,3)4/h5-6,8-9H,7H2,1-4H3,(H,17,18)(H2,15,16,19). The highest BCUT2D eigenvalue weighted by Gasteiger charge is 2.28. The molecule has 0 aromatic carbocycles. The van der Waals surface area contributed by atoms with Crippen LogP contribution in [0.5, 0.6) is 0 Å². The van der Waals surface area contributed by atoms with Crippen molar-refractivity contribution in [2.45, 2.75) is 46.2 Å². The molecule has 1 aromatic rings. The zero-order valence-electron chi connectivity index (χ0n) is 12.1. The fourth-order valence-electron chi connectivity index (χ4n) is 1.65. The molecule has 1 aromatic heterocycles. The molecule has 0 saturated heterocycles. The fraction of sp³-hybridized carbons (Fsp3) is 0.615. The van der Waals surface area contributed by atoms with E-state index in [2.05, 4.69) is 15.6 Å². The van der Waals surface area contributed by atoms with Crippen LogP contribution in [0.15, 0.2) is 11.6 Å². The predicted octanol–water partition coefficient (Wildman–Crippen LogP) is 2.39. The predicted molar refractivity (Wildman–Crippen MR) is 77.7 cm³/mol. The van der Waals surface area contributed by atoms with Crippen molar-refractivity contribution in [3.05, 3.63) is 16.6 Å². The fourth-order valence-corrected chi connectivity index (χ4v) is 2.30. The van der Waals surface area contributed by atoms with Crippen molar-refractivity contribution in [3.63, 3.8) is 0 Å². The van der Waals surface area contributed by atoms with Crippen LogP contribution in [0.2, 0.25) is 0 Å². The lowest BCUT2D eigenvalue weighted by Crippen LogP contribution is -2.49. The highest BCUT2D eigenvalue weighted by molar-refractivity contribution is 7.09. The first kappa shape index (κ1) is 16.4. The summed E-state index contributed by atoms with van der Waals surface area (Å²) in [4.78, 5) is 26.9. The third kappa shape index (κ3) is 5.16. The SMILES string of the molecule is CC(NC(=O)NC(CC(=O)O)C(C)(C)C)c1nccs1. The summed E-state index contributed by atoms with van der Waals surface area (Å²) >= 11 is 1.46. The third-order valence-corrected chi connectivity index (χ3v) is 3.86. The highest BCUT2D eigenvalue weighted by atomic mass is 32.1. The topological polar surface area (TPSA) is 91.3 Å². The largest absolute Gasteiger partial charge is 0.481 e. The van der Waals surface area contributed by atoms with E-state index in [0.29, 0.717) is 0 Å². The summed E-state index contributed by atoms with van der Waals surface area (Å²) in [6.45, 7) is 7.52. The summed E-state index contributed by atoms with van der Waals surface area (Å²) in [5.74, 6) is -0.932. The minimum absolute atomic E-state index is 0.109. The zero-order chi connectivity index (χ0) is 15.3. The molecule has 20 heavy (non-hydrogen) atoms. The van der Waals surface area contributed by atoms with Crippen molar-refractivity contribution in [2.24, 2.45) is 5.41 Å². The zero-order valence-corrected chi connectivity index (χ0v) is 13.0. The Labute approximate surface area is 122 Å². The summed E-state index contributed by atoms with van der Waals surface area (Å²) in [5.41, 5.74) is -0.333. The molecule has 0 radical (unpaired) electrons. The maximum Gasteiger partial charge on any atom is 0.315 e. The molecule has 0 bridgehead atoms. The number of thiazole rings is 1. The Balaban J connectivity index is 2.60. The molecule has 1 heterocycles. The number of aliphatic carboxylic acids is 1. The maximum atomic E-state index is 11.9. The van der Waals surface area contributed by atoms with Crippen molar-refractivity contribution in [3.8, 4) is 0 Å². The van der Waals surface area contributed by atoms with Crippen molar-refractivity contribution in [2.75, 3.05) is 0 Å². The summed E-state index contributed by atoms with van der Waals surface area (Å²) in [5, 5.41) is 17.1. The molecule has 2 amide bonds. The Kier molecular flexibility index (Phi) is 5.50. The van der Waals surface area contributed by atoms with E-state index in [1.54, 1.807) is 6.20 Å². The monoisotopic (exact) mass is 299 g/mol. The number of urea groups is 1. The number of rotatable bonds is 5. The molecule has 3 N–H and O–H groups in total. The lowest BCUT2D eigenvalue weighted by molar-refractivity contribution is -0.138. The molecule has 6 nitrogen and oxygen atoms in total. The number of amides is 2. The van der Waals surface area contributed by atoms with Gasteiger partial charge in [-0.3, -0.25) is 4.79 Å². The van der Waals surface area contributed by atoms with Gasteiger partial charge in [-0.25, -0.2) is 9.78 Å². The number of carbonyl (C=O) groups is 2. The van der Waals surface area contributed by atoms with Gasteiger partial charge in [0.2, 0.25) is 0 Å². The molecule has 0 aliphatic rings. The smallest absolute Gasteiger partial charge is 0.315 e. The van der Waals surface area contributed by atoms with Gasteiger partial charge in [0.15, 0.2) is 0 Å². The first-order valence-electron chi connectivity index (χ1n) is 6.38. The van der Waals surface area contributed by atoms with Crippen LogP contribution in [0.3, 0.4) is 0 Å². The summed E-state index contributed by atoms with van der Waals surface area (Å²) < 4.78 is 0. The van der Waals surface area contributed by atoms with Gasteiger partial charge in [0.25, 0.3) is 0 Å². The molecular formula is C13H21N3O3S. The number of carboxylic acids is 1. The Morgan fingerprint density at radius 1 is 1.40 bits per heavy atom. The third-order valence-electron chi connectivity index (χ3n) is 2.90. The van der Waals surface area contributed by atoms with Gasteiger partial charge >= 0.3 is 12.0 Å². The molecule has 2 atom stereocenters. The molecule has 0 saturated carbocycles. The molecule has 0 aliphatic heterocycles. The average Bonchev–Trinajstić information content (AvgIpc) is 2.79. The minimum atomic E-state index is -0.932. The number of carbonyl (C=O) groups excluding carboxylic acids is 1. The van der Waals surface area contributed by atoms with E-state index in [9.17, 15) is 9.59 Å². The normalized spacial score (nSPS) is 14.4. The van der Waals surface area contributed by atoms with Crippen LogP contribution in [0.4, 0.5) is 4.79 Å². The van der Waals surface area contributed by atoms with Crippen molar-refractivity contribution in [1.82, 2.24) is 15.6 Å². The first-order valence-corrected chi connectivity index (χ1v) is 7.26. The first-order chi connectivity index (χ1) is 9.20. The van der Waals surface area contributed by atoms with Crippen LogP contribution in [0.1, 0.15) is 45.2 Å². The Morgan fingerprint density at radius 3 is 2.50 bits per heavy atom. The Morgan fingerprint density at radius 2 is 2.05 bits per heavy atom. The van der Waals surface area contributed by atoms with Gasteiger partial charge in [0.05, 0.1) is 12.5 Å². The van der Waals surface area contributed by atoms with Gasteiger partial charge in [0.1, 0.15) is 5.01 Å². The number of nitrogens with one attached hydrogen (secondary N) is 2. The van der Waals surface area contributed by atoms with Gasteiger partial charge in [0, 0.05) is 17.6 Å². The second-order valence-corrected chi connectivity index (χ2v) is 6.65. The number of nitrogens with zero attached hydrogens (tertiary/aromatic N) is 1. The van der Waals surface area contributed by atoms with Crippen LogP contribution < -0.4 is 10.6 Å². The van der Waals surface area contributed by atoms with Crippen molar-refractivity contribution >= 4 is 23.3 Å². The van der Waals surface area contributed by atoms with E-state index in [4.69, 9.17) is 5.11 Å². The maximum absolute atomic E-state index is 11.9. The number of hydrogen-bond donors (Lipinski definition) is 3. The lowest BCUT2D eigenvalue weighted by Gasteiger charge is -2.30. The van der Waals surface area contributed by atoms with E-state index >= 15 is 0 Å². The molecule has 2 unspecified atom stereocenters. The van der Waals surface area contributed by atoms with Crippen LogP contribution in [0.25, 0.3) is 0 Å². The Hall–Kier alpha value is -1.63. The minimum Gasteiger partial charge on any atom is -0.481 e. The van der Waals surface area contributed by atoms with Gasteiger partial charge in [-0.2, -0.15) is 0 Å². The van der Waals surface area contributed by atoms with E-state index in [1.165, 1.54) is 11.3 Å². The van der Waals surface area contributed by atoms with Crippen LogP contribution in [-0.4, -0.2) is 28.1 Å². The van der Waals surface area contributed by atoms with Crippen LogP contribution in [0, 0.1) is 5.41 Å². The Bertz CT molecular complexity index is 454. The molecule has 0 spiro atoms. The van der Waals surface area contributed by atoms with Crippen molar-refractivity contribution < 1.29 is 14.7 Å². The van der Waals surface area contributed by atoms with Crippen molar-refractivity contribution in [1.29, 1.82) is 0 Å². The second-order valence-electron chi connectivity index (χ2n) is 5.73. The van der Waals surface area contributed by atoms with E-state index in [0.717, 1.165) is 5.01 Å². The van der Waals surface area contributed by atoms with E-state index in [-0.39, 0.29) is 23.9 Å². The van der Waals surface area contributed by atoms with Gasteiger partial charge < -0.3 is 15.7 Å². The van der Waals surface area contributed by atoms with E-state index < -0.39 is 12.0 Å². The van der Waals surface area contributed by atoms with Crippen LogP contribution in [-0.2, 0) is 4.79 Å². The summed E-state index contributed by atoms with van der Waals surface area (Å²) in [6.07, 6.45) is 1.57. The lowest BCUT2D eigenvalue weighted by atomic mass is 9.85. The van der Waals surface area contributed by atoms with E-state index in [1.807, 2.05) is 33.1 Å². The summed E-state index contributed by atoms with van der Waals surface area (Å²) in [6, 6.07) is -1.03.